The zero-order valence-corrected chi connectivity index (χ0v) is 23.0. The van der Waals surface area contributed by atoms with Crippen LogP contribution < -0.4 is 0 Å². The lowest BCUT2D eigenvalue weighted by Crippen LogP contribution is -2.50. The summed E-state index contributed by atoms with van der Waals surface area (Å²) >= 11 is 7.91. The number of benzene rings is 1. The number of nitrogens with zero attached hydrogens (tertiary/aromatic N) is 6. The van der Waals surface area contributed by atoms with E-state index in [0.717, 1.165) is 12.1 Å². The molecule has 3 aliphatic heterocycles. The van der Waals surface area contributed by atoms with Gasteiger partial charge in [0.1, 0.15) is 24.0 Å². The van der Waals surface area contributed by atoms with Gasteiger partial charge in [-0.05, 0) is 24.6 Å². The Bertz CT molecular complexity index is 1560. The minimum atomic E-state index is -2.83. The van der Waals surface area contributed by atoms with Crippen LogP contribution in [0, 0.1) is 5.82 Å². The third kappa shape index (κ3) is 5.14. The molecule has 2 aromatic heterocycles. The predicted molar refractivity (Wildman–Crippen MR) is 141 cm³/mol. The Morgan fingerprint density at radius 2 is 2.07 bits per heavy atom. The van der Waals surface area contributed by atoms with E-state index in [9.17, 15) is 18.0 Å². The van der Waals surface area contributed by atoms with Gasteiger partial charge < -0.3 is 9.64 Å². The van der Waals surface area contributed by atoms with Gasteiger partial charge in [-0.3, -0.25) is 9.89 Å². The molecule has 0 saturated carbocycles. The van der Waals surface area contributed by atoms with E-state index >= 15 is 0 Å². The second kappa shape index (κ2) is 11.5. The zero-order chi connectivity index (χ0) is 29.3. The Kier molecular flexibility index (Phi) is 7.98. The van der Waals surface area contributed by atoms with E-state index in [1.54, 1.807) is 17.2 Å². The van der Waals surface area contributed by atoms with Crippen molar-refractivity contribution >= 4 is 46.6 Å². The summed E-state index contributed by atoms with van der Waals surface area (Å²) in [6, 6.07) is 4.76. The number of amides is 1. The summed E-state index contributed by atoms with van der Waals surface area (Å²) in [4.78, 5) is 42.2. The summed E-state index contributed by atoms with van der Waals surface area (Å²) < 4.78 is 47.1. The number of hydrogen-bond donors (Lipinski definition) is 0. The lowest BCUT2D eigenvalue weighted by Gasteiger charge is -2.33. The number of hydrogen-bond acceptors (Lipinski definition) is 9. The summed E-state index contributed by atoms with van der Waals surface area (Å²) in [7, 11) is 0. The fourth-order valence-corrected chi connectivity index (χ4v) is 6.33. The molecule has 15 heteroatoms. The van der Waals surface area contributed by atoms with Crippen molar-refractivity contribution in [1.29, 1.82) is 0 Å². The monoisotopic (exact) mass is 606 g/mol. The number of rotatable bonds is 6. The zero-order valence-electron chi connectivity index (χ0n) is 21.5. The molecule has 2 fully saturated rings. The number of amidine groups is 1. The van der Waals surface area contributed by atoms with Gasteiger partial charge in [0.25, 0.3) is 0 Å². The molecule has 2 saturated heterocycles. The lowest BCUT2D eigenvalue weighted by molar-refractivity contribution is -0.191. The summed E-state index contributed by atoms with van der Waals surface area (Å²) in [5.74, 6) is 0.0539. The maximum Gasteiger partial charge on any atom is 0.410 e. The molecular formula is C26H22ClF3N6O4S. The van der Waals surface area contributed by atoms with Gasteiger partial charge >= 0.3 is 18.8 Å². The van der Waals surface area contributed by atoms with E-state index in [1.165, 1.54) is 35.7 Å². The van der Waals surface area contributed by atoms with Gasteiger partial charge in [-0.1, -0.05) is 24.6 Å². The molecule has 0 unspecified atom stereocenters. The first kappa shape index (κ1) is 28.5. The smallest absolute Gasteiger partial charge is 0.410 e. The number of cyclic esters (lactones) is 1. The summed E-state index contributed by atoms with van der Waals surface area (Å²) in [6.45, 7) is 0.226. The Balaban J connectivity index is 0.00000108. The van der Waals surface area contributed by atoms with Crippen molar-refractivity contribution in [2.75, 3.05) is 19.7 Å². The van der Waals surface area contributed by atoms with Crippen LogP contribution in [0.15, 0.2) is 52.7 Å². The number of fused-ring (bicyclic) bond motifs is 1. The van der Waals surface area contributed by atoms with Gasteiger partial charge in [0.2, 0.25) is 0 Å². The lowest BCUT2D eigenvalue weighted by atomic mass is 9.90. The van der Waals surface area contributed by atoms with Crippen LogP contribution in [0.4, 0.5) is 18.0 Å². The third-order valence-corrected chi connectivity index (χ3v) is 8.13. The van der Waals surface area contributed by atoms with Crippen molar-refractivity contribution < 1.29 is 32.3 Å². The normalized spacial score (nSPS) is 21.6. The highest BCUT2D eigenvalue weighted by molar-refractivity contribution is 7.11. The van der Waals surface area contributed by atoms with Gasteiger partial charge in [-0.25, -0.2) is 18.9 Å². The molecule has 0 N–H and O–H groups in total. The second-order valence-corrected chi connectivity index (χ2v) is 10.8. The summed E-state index contributed by atoms with van der Waals surface area (Å²) in [5.41, 5.74) is 1.43. The number of aliphatic imine (C=N–C) groups is 1. The molecule has 1 amide bonds. The van der Waals surface area contributed by atoms with Crippen LogP contribution in [0.1, 0.15) is 48.6 Å². The predicted octanol–water partition coefficient (Wildman–Crippen LogP) is 5.16. The largest absolute Gasteiger partial charge is 0.447 e. The second-order valence-electron chi connectivity index (χ2n) is 9.45. The first-order valence-electron chi connectivity index (χ1n) is 12.4. The molecule has 214 valence electrons. The van der Waals surface area contributed by atoms with Gasteiger partial charge in [-0.2, -0.15) is 23.5 Å². The first-order chi connectivity index (χ1) is 19.7. The SMILES string of the molecule is CCCN1C(=O)OC[C@@]12CC1=C(c3ccn(C(F)F)n3)[C@H](c3ccc(F)cc3Cl)N=C(c3nccs3)N1C2.O=C=O. The Labute approximate surface area is 240 Å². The minimum Gasteiger partial charge on any atom is -0.447 e. The van der Waals surface area contributed by atoms with Crippen molar-refractivity contribution in [3.05, 3.63) is 74.8 Å². The fourth-order valence-electron chi connectivity index (χ4n) is 5.42. The Hall–Kier alpha value is -4.00. The van der Waals surface area contributed by atoms with Crippen LogP contribution in [-0.4, -0.2) is 67.9 Å². The highest BCUT2D eigenvalue weighted by atomic mass is 35.5. The van der Waals surface area contributed by atoms with E-state index in [2.05, 4.69) is 10.1 Å². The molecular weight excluding hydrogens is 585 g/mol. The maximum atomic E-state index is 14.0. The van der Waals surface area contributed by atoms with Crippen molar-refractivity contribution in [2.24, 2.45) is 4.99 Å². The van der Waals surface area contributed by atoms with Crippen molar-refractivity contribution in [3.63, 3.8) is 0 Å². The molecule has 3 aromatic rings. The molecule has 1 spiro atoms. The van der Waals surface area contributed by atoms with Gasteiger partial charge in [0.05, 0.1) is 12.2 Å². The molecule has 0 aliphatic carbocycles. The van der Waals surface area contributed by atoms with E-state index in [-0.39, 0.29) is 23.9 Å². The number of carbonyl (C=O) groups is 1. The molecule has 10 nitrogen and oxygen atoms in total. The van der Waals surface area contributed by atoms with Gasteiger partial charge in [-0.15, -0.1) is 11.3 Å². The van der Waals surface area contributed by atoms with Crippen LogP contribution >= 0.6 is 22.9 Å². The molecule has 1 aromatic carbocycles. The van der Waals surface area contributed by atoms with Crippen LogP contribution in [0.5, 0.6) is 0 Å². The van der Waals surface area contributed by atoms with Crippen LogP contribution in [-0.2, 0) is 14.3 Å². The minimum absolute atomic E-state index is 0.150. The summed E-state index contributed by atoms with van der Waals surface area (Å²) in [5, 5.41) is 6.79. The quantitative estimate of drug-likeness (QED) is 0.381. The number of alkyl halides is 2. The van der Waals surface area contributed by atoms with E-state index in [4.69, 9.17) is 30.9 Å². The Morgan fingerprint density at radius 3 is 2.71 bits per heavy atom. The average Bonchev–Trinajstić information content (AvgIpc) is 3.73. The van der Waals surface area contributed by atoms with Crippen molar-refractivity contribution in [3.8, 4) is 0 Å². The number of thiazole rings is 1. The summed E-state index contributed by atoms with van der Waals surface area (Å²) in [6.07, 6.45) is 3.86. The molecule has 3 aliphatic rings. The fraction of sp³-hybridized carbons (Fsp3) is 0.346. The van der Waals surface area contributed by atoms with E-state index < -0.39 is 23.9 Å². The number of carbonyl (C=O) groups excluding carboxylic acids is 3. The van der Waals surface area contributed by atoms with Crippen LogP contribution in [0.25, 0.3) is 5.57 Å². The Morgan fingerprint density at radius 1 is 1.29 bits per heavy atom. The number of halogens is 4. The molecule has 0 bridgehead atoms. The van der Waals surface area contributed by atoms with E-state index in [1.807, 2.05) is 17.2 Å². The molecule has 6 rings (SSSR count). The van der Waals surface area contributed by atoms with E-state index in [0.29, 0.717) is 51.9 Å². The van der Waals surface area contributed by atoms with Crippen LogP contribution in [0.2, 0.25) is 5.02 Å². The number of ether oxygens (including phenoxy) is 1. The first-order valence-corrected chi connectivity index (χ1v) is 13.7. The molecule has 2 atom stereocenters. The van der Waals surface area contributed by atoms with Crippen molar-refractivity contribution in [2.45, 2.75) is 37.9 Å². The standard InChI is InChI=1S/C25H22ClF3N6O2S.CO2/c1-2-7-34-24(36)37-13-25(34)11-18-19(17-5-8-35(32-17)23(28)29)20(15-4-3-14(27)10-16(15)26)31-21(33(18)12-25)22-30-6-9-38-22;2-1-3/h3-6,8-10,20,23H,2,7,11-13H2,1H3;/t20-,25-;/m0./s1. The average molecular weight is 607 g/mol. The van der Waals surface area contributed by atoms with Crippen LogP contribution in [0.3, 0.4) is 0 Å². The molecule has 0 radical (unpaired) electrons. The van der Waals surface area contributed by atoms with Crippen molar-refractivity contribution in [1.82, 2.24) is 24.6 Å². The maximum absolute atomic E-state index is 14.0. The highest BCUT2D eigenvalue weighted by Crippen LogP contribution is 2.50. The highest BCUT2D eigenvalue weighted by Gasteiger charge is 2.56. The third-order valence-electron chi connectivity index (χ3n) is 7.04. The van der Waals surface area contributed by atoms with Gasteiger partial charge in [0.15, 0.2) is 10.8 Å². The molecule has 5 heterocycles. The number of aromatic nitrogens is 3. The molecule has 41 heavy (non-hydrogen) atoms. The topological polar surface area (TPSA) is 110 Å². The van der Waals surface area contributed by atoms with Gasteiger partial charge in [0, 0.05) is 52.6 Å².